The van der Waals surface area contributed by atoms with E-state index in [1.165, 1.54) is 0 Å². The molecule has 1 N–H and O–H groups in total. The monoisotopic (exact) mass is 356 g/mol. The number of nitrogens with zero attached hydrogens (tertiary/aromatic N) is 1. The second-order valence-electron chi connectivity index (χ2n) is 5.23. The SMILES string of the molecule is CCN(CCNC(=O)C(C)Oc1ccc(Br)cc1)C(C)C. The van der Waals surface area contributed by atoms with Crippen molar-refractivity contribution in [2.24, 2.45) is 0 Å². The summed E-state index contributed by atoms with van der Waals surface area (Å²) in [6, 6.07) is 7.95. The van der Waals surface area contributed by atoms with E-state index in [0.29, 0.717) is 18.3 Å². The van der Waals surface area contributed by atoms with E-state index in [0.717, 1.165) is 17.6 Å². The molecule has 1 aromatic rings. The Hall–Kier alpha value is -1.07. The van der Waals surface area contributed by atoms with Crippen molar-refractivity contribution in [3.05, 3.63) is 28.7 Å². The molecule has 1 rings (SSSR count). The maximum absolute atomic E-state index is 12.0. The standard InChI is InChI=1S/C16H25BrN2O2/c1-5-19(12(2)3)11-10-18-16(20)13(4)21-15-8-6-14(17)7-9-15/h6-9,12-13H,5,10-11H2,1-4H3,(H,18,20). The smallest absolute Gasteiger partial charge is 0.260 e. The van der Waals surface area contributed by atoms with Crippen molar-refractivity contribution in [1.82, 2.24) is 10.2 Å². The fourth-order valence-corrected chi connectivity index (χ4v) is 2.28. The lowest BCUT2D eigenvalue weighted by Gasteiger charge is -2.25. The van der Waals surface area contributed by atoms with Crippen molar-refractivity contribution in [3.63, 3.8) is 0 Å². The van der Waals surface area contributed by atoms with E-state index in [4.69, 9.17) is 4.74 Å². The van der Waals surface area contributed by atoms with Gasteiger partial charge in [0.05, 0.1) is 0 Å². The zero-order valence-corrected chi connectivity index (χ0v) is 14.8. The number of hydrogen-bond acceptors (Lipinski definition) is 3. The average Bonchev–Trinajstić information content (AvgIpc) is 2.45. The summed E-state index contributed by atoms with van der Waals surface area (Å²) in [5.74, 6) is 0.607. The highest BCUT2D eigenvalue weighted by atomic mass is 79.9. The van der Waals surface area contributed by atoms with E-state index in [9.17, 15) is 4.79 Å². The molecule has 0 spiro atoms. The number of carbonyl (C=O) groups is 1. The first-order chi connectivity index (χ1) is 9.93. The highest BCUT2D eigenvalue weighted by Gasteiger charge is 2.15. The van der Waals surface area contributed by atoms with Gasteiger partial charge in [0.2, 0.25) is 0 Å². The Kier molecular flexibility index (Phi) is 7.75. The average molecular weight is 357 g/mol. The molecule has 1 unspecified atom stereocenters. The number of benzene rings is 1. The van der Waals surface area contributed by atoms with Gasteiger partial charge in [-0.3, -0.25) is 9.69 Å². The van der Waals surface area contributed by atoms with Crippen LogP contribution in [0.5, 0.6) is 5.75 Å². The Morgan fingerprint density at radius 3 is 2.43 bits per heavy atom. The molecule has 0 heterocycles. The first-order valence-corrected chi connectivity index (χ1v) is 8.17. The fourth-order valence-electron chi connectivity index (χ4n) is 2.02. The highest BCUT2D eigenvalue weighted by Crippen LogP contribution is 2.17. The minimum absolute atomic E-state index is 0.0854. The lowest BCUT2D eigenvalue weighted by molar-refractivity contribution is -0.127. The highest BCUT2D eigenvalue weighted by molar-refractivity contribution is 9.10. The number of ether oxygens (including phenoxy) is 1. The van der Waals surface area contributed by atoms with Gasteiger partial charge >= 0.3 is 0 Å². The van der Waals surface area contributed by atoms with E-state index in [-0.39, 0.29) is 5.91 Å². The summed E-state index contributed by atoms with van der Waals surface area (Å²) in [4.78, 5) is 14.3. The molecule has 0 aliphatic rings. The molecule has 1 atom stereocenters. The van der Waals surface area contributed by atoms with Crippen LogP contribution in [0.25, 0.3) is 0 Å². The number of carbonyl (C=O) groups excluding carboxylic acids is 1. The van der Waals surface area contributed by atoms with Crippen LogP contribution >= 0.6 is 15.9 Å². The topological polar surface area (TPSA) is 41.6 Å². The first-order valence-electron chi connectivity index (χ1n) is 7.38. The van der Waals surface area contributed by atoms with Crippen LogP contribution in [0.4, 0.5) is 0 Å². The van der Waals surface area contributed by atoms with Crippen molar-refractivity contribution >= 4 is 21.8 Å². The van der Waals surface area contributed by atoms with Gasteiger partial charge in [-0.05, 0) is 51.6 Å². The van der Waals surface area contributed by atoms with E-state index in [2.05, 4.69) is 46.9 Å². The largest absolute Gasteiger partial charge is 0.481 e. The predicted octanol–water partition coefficient (Wildman–Crippen LogP) is 3.06. The molecular weight excluding hydrogens is 332 g/mol. The van der Waals surface area contributed by atoms with Crippen molar-refractivity contribution in [1.29, 1.82) is 0 Å². The molecule has 0 aliphatic heterocycles. The molecule has 1 aromatic carbocycles. The van der Waals surface area contributed by atoms with Crippen LogP contribution in [-0.4, -0.2) is 42.6 Å². The molecule has 0 aliphatic carbocycles. The number of halogens is 1. The Balaban J connectivity index is 2.36. The summed E-state index contributed by atoms with van der Waals surface area (Å²) in [6.07, 6.45) is -0.500. The molecule has 4 nitrogen and oxygen atoms in total. The lowest BCUT2D eigenvalue weighted by atomic mass is 10.3. The van der Waals surface area contributed by atoms with E-state index >= 15 is 0 Å². The Morgan fingerprint density at radius 2 is 1.90 bits per heavy atom. The predicted molar refractivity (Wildman–Crippen MR) is 89.6 cm³/mol. The lowest BCUT2D eigenvalue weighted by Crippen LogP contribution is -2.42. The van der Waals surface area contributed by atoms with Gasteiger partial charge in [0.1, 0.15) is 5.75 Å². The number of likely N-dealkylation sites (N-methyl/N-ethyl adjacent to an activating group) is 1. The van der Waals surface area contributed by atoms with Crippen LogP contribution in [0.1, 0.15) is 27.7 Å². The Morgan fingerprint density at radius 1 is 1.29 bits per heavy atom. The Bertz CT molecular complexity index is 434. The van der Waals surface area contributed by atoms with Gasteiger partial charge < -0.3 is 10.1 Å². The number of rotatable bonds is 8. The molecule has 21 heavy (non-hydrogen) atoms. The molecule has 0 saturated heterocycles. The molecule has 118 valence electrons. The molecule has 5 heteroatoms. The molecule has 0 fully saturated rings. The van der Waals surface area contributed by atoms with Crippen LogP contribution in [0, 0.1) is 0 Å². The number of hydrogen-bond donors (Lipinski definition) is 1. The van der Waals surface area contributed by atoms with Gasteiger partial charge in [-0.25, -0.2) is 0 Å². The number of nitrogens with one attached hydrogen (secondary N) is 1. The summed E-state index contributed by atoms with van der Waals surface area (Å²) < 4.78 is 6.60. The summed E-state index contributed by atoms with van der Waals surface area (Å²) >= 11 is 3.37. The summed E-state index contributed by atoms with van der Waals surface area (Å²) in [6.45, 7) is 10.7. The van der Waals surface area contributed by atoms with Crippen molar-refractivity contribution < 1.29 is 9.53 Å². The maximum Gasteiger partial charge on any atom is 0.260 e. The summed E-state index contributed by atoms with van der Waals surface area (Å²) in [5, 5.41) is 2.92. The zero-order valence-electron chi connectivity index (χ0n) is 13.2. The van der Waals surface area contributed by atoms with Crippen LogP contribution < -0.4 is 10.1 Å². The third-order valence-electron chi connectivity index (χ3n) is 3.33. The van der Waals surface area contributed by atoms with E-state index in [1.54, 1.807) is 6.92 Å². The van der Waals surface area contributed by atoms with Crippen molar-refractivity contribution in [2.75, 3.05) is 19.6 Å². The second kappa shape index (κ2) is 9.05. The molecule has 0 radical (unpaired) electrons. The Labute approximate surface area is 136 Å². The molecule has 0 saturated carbocycles. The van der Waals surface area contributed by atoms with Gasteiger partial charge in [0, 0.05) is 23.6 Å². The van der Waals surface area contributed by atoms with Crippen LogP contribution in [0.2, 0.25) is 0 Å². The van der Waals surface area contributed by atoms with Crippen LogP contribution in [-0.2, 0) is 4.79 Å². The van der Waals surface area contributed by atoms with Crippen molar-refractivity contribution in [2.45, 2.75) is 39.8 Å². The zero-order chi connectivity index (χ0) is 15.8. The normalized spacial score (nSPS) is 12.5. The molecule has 1 amide bonds. The van der Waals surface area contributed by atoms with Crippen LogP contribution in [0.3, 0.4) is 0 Å². The van der Waals surface area contributed by atoms with Gasteiger partial charge in [0.25, 0.3) is 5.91 Å². The van der Waals surface area contributed by atoms with Crippen LogP contribution in [0.15, 0.2) is 28.7 Å². The second-order valence-corrected chi connectivity index (χ2v) is 6.14. The van der Waals surface area contributed by atoms with Gasteiger partial charge in [-0.15, -0.1) is 0 Å². The maximum atomic E-state index is 12.0. The minimum Gasteiger partial charge on any atom is -0.481 e. The minimum atomic E-state index is -0.500. The van der Waals surface area contributed by atoms with Gasteiger partial charge in [-0.1, -0.05) is 22.9 Å². The molecular formula is C16H25BrN2O2. The summed E-state index contributed by atoms with van der Waals surface area (Å²) in [7, 11) is 0. The number of amides is 1. The first kappa shape index (κ1) is 18.0. The van der Waals surface area contributed by atoms with Gasteiger partial charge in [-0.2, -0.15) is 0 Å². The van der Waals surface area contributed by atoms with Gasteiger partial charge in [0.15, 0.2) is 6.10 Å². The van der Waals surface area contributed by atoms with E-state index in [1.807, 2.05) is 24.3 Å². The quantitative estimate of drug-likeness (QED) is 0.778. The molecule has 0 bridgehead atoms. The van der Waals surface area contributed by atoms with E-state index < -0.39 is 6.10 Å². The third kappa shape index (κ3) is 6.48. The van der Waals surface area contributed by atoms with Crippen molar-refractivity contribution in [3.8, 4) is 5.75 Å². The summed E-state index contributed by atoms with van der Waals surface area (Å²) in [5.41, 5.74) is 0. The third-order valence-corrected chi connectivity index (χ3v) is 3.86. The fraction of sp³-hybridized carbons (Fsp3) is 0.562. The molecule has 0 aromatic heterocycles.